The van der Waals surface area contributed by atoms with Crippen molar-refractivity contribution in [3.63, 3.8) is 0 Å². The van der Waals surface area contributed by atoms with Crippen molar-refractivity contribution in [1.82, 2.24) is 20.2 Å². The van der Waals surface area contributed by atoms with Gasteiger partial charge in [-0.2, -0.15) is 4.68 Å². The van der Waals surface area contributed by atoms with Crippen LogP contribution in [0.3, 0.4) is 0 Å². The molecule has 0 aliphatic rings. The fourth-order valence-electron chi connectivity index (χ4n) is 1.93. The predicted octanol–water partition coefficient (Wildman–Crippen LogP) is 3.11. The standard InChI is InChI=1S/C13H8ClFN6O2/c14-9-3-1-2-4-11(9)20-13(17-18-19-20)16-10-6-5-8(15)7-12(10)21(22)23/h1-7H,(H,16,17,19). The molecule has 2 aromatic carbocycles. The molecule has 23 heavy (non-hydrogen) atoms. The van der Waals surface area contributed by atoms with Crippen LogP contribution in [0.1, 0.15) is 0 Å². The predicted molar refractivity (Wildman–Crippen MR) is 80.5 cm³/mol. The molecule has 0 unspecified atom stereocenters. The number of nitro benzene ring substituents is 1. The molecule has 116 valence electrons. The summed E-state index contributed by atoms with van der Waals surface area (Å²) in [7, 11) is 0. The fourth-order valence-corrected chi connectivity index (χ4v) is 2.15. The first-order valence-corrected chi connectivity index (χ1v) is 6.68. The van der Waals surface area contributed by atoms with Gasteiger partial charge in [0.15, 0.2) is 0 Å². The van der Waals surface area contributed by atoms with Crippen molar-refractivity contribution in [3.05, 3.63) is 63.4 Å². The number of rotatable bonds is 4. The van der Waals surface area contributed by atoms with Crippen LogP contribution in [0.15, 0.2) is 42.5 Å². The molecule has 0 bridgehead atoms. The van der Waals surface area contributed by atoms with Gasteiger partial charge in [0.05, 0.1) is 21.7 Å². The van der Waals surface area contributed by atoms with Crippen molar-refractivity contribution in [2.75, 3.05) is 5.32 Å². The van der Waals surface area contributed by atoms with E-state index in [-0.39, 0.29) is 11.6 Å². The van der Waals surface area contributed by atoms with Gasteiger partial charge in [0.25, 0.3) is 11.6 Å². The highest BCUT2D eigenvalue weighted by molar-refractivity contribution is 6.32. The molecule has 10 heteroatoms. The van der Waals surface area contributed by atoms with Gasteiger partial charge < -0.3 is 5.32 Å². The summed E-state index contributed by atoms with van der Waals surface area (Å²) in [5.74, 6) is -0.610. The van der Waals surface area contributed by atoms with E-state index in [1.165, 1.54) is 10.7 Å². The monoisotopic (exact) mass is 334 g/mol. The van der Waals surface area contributed by atoms with E-state index in [0.29, 0.717) is 10.7 Å². The SMILES string of the molecule is O=[N+]([O-])c1cc(F)ccc1Nc1nnnn1-c1ccccc1Cl. The molecule has 0 saturated heterocycles. The van der Waals surface area contributed by atoms with Gasteiger partial charge in [0, 0.05) is 0 Å². The molecular formula is C13H8ClFN6O2. The number of para-hydroxylation sites is 1. The molecule has 3 aromatic rings. The van der Waals surface area contributed by atoms with Crippen molar-refractivity contribution < 1.29 is 9.31 Å². The number of halogens is 2. The maximum atomic E-state index is 13.2. The number of aromatic nitrogens is 4. The van der Waals surface area contributed by atoms with Crippen LogP contribution in [0.25, 0.3) is 5.69 Å². The van der Waals surface area contributed by atoms with Crippen LogP contribution in [-0.4, -0.2) is 25.1 Å². The number of nitrogens with one attached hydrogen (secondary N) is 1. The van der Waals surface area contributed by atoms with Crippen LogP contribution in [0, 0.1) is 15.9 Å². The van der Waals surface area contributed by atoms with Gasteiger partial charge in [-0.05, 0) is 34.7 Å². The van der Waals surface area contributed by atoms with Gasteiger partial charge in [0.1, 0.15) is 11.5 Å². The lowest BCUT2D eigenvalue weighted by atomic mass is 10.2. The van der Waals surface area contributed by atoms with Crippen LogP contribution in [0.2, 0.25) is 5.02 Å². The average molecular weight is 335 g/mol. The maximum Gasteiger partial charge on any atom is 0.295 e. The summed E-state index contributed by atoms with van der Waals surface area (Å²) in [5.41, 5.74) is 0.115. The van der Waals surface area contributed by atoms with Gasteiger partial charge in [0.2, 0.25) is 0 Å². The molecule has 8 nitrogen and oxygen atoms in total. The minimum Gasteiger partial charge on any atom is -0.317 e. The second-order valence-electron chi connectivity index (χ2n) is 4.41. The molecular weight excluding hydrogens is 327 g/mol. The average Bonchev–Trinajstić information content (AvgIpc) is 2.97. The first-order chi connectivity index (χ1) is 11.1. The zero-order valence-electron chi connectivity index (χ0n) is 11.3. The van der Waals surface area contributed by atoms with Crippen LogP contribution in [-0.2, 0) is 0 Å². The molecule has 0 saturated carbocycles. The number of nitrogens with zero attached hydrogens (tertiary/aromatic N) is 5. The van der Waals surface area contributed by atoms with Crippen molar-refractivity contribution in [2.45, 2.75) is 0 Å². The smallest absolute Gasteiger partial charge is 0.295 e. The van der Waals surface area contributed by atoms with Gasteiger partial charge in [-0.15, -0.1) is 0 Å². The fraction of sp³-hybridized carbons (Fsp3) is 0. The van der Waals surface area contributed by atoms with Crippen LogP contribution in [0.4, 0.5) is 21.7 Å². The van der Waals surface area contributed by atoms with E-state index in [1.54, 1.807) is 24.3 Å². The van der Waals surface area contributed by atoms with Gasteiger partial charge in [-0.3, -0.25) is 10.1 Å². The molecule has 1 aromatic heterocycles. The van der Waals surface area contributed by atoms with E-state index in [2.05, 4.69) is 20.8 Å². The van der Waals surface area contributed by atoms with E-state index >= 15 is 0 Å². The van der Waals surface area contributed by atoms with E-state index in [1.807, 2.05) is 0 Å². The minimum atomic E-state index is -0.715. The zero-order chi connectivity index (χ0) is 16.4. The van der Waals surface area contributed by atoms with Crippen LogP contribution >= 0.6 is 11.6 Å². The van der Waals surface area contributed by atoms with Gasteiger partial charge >= 0.3 is 0 Å². The first kappa shape index (κ1) is 14.9. The molecule has 0 spiro atoms. The second kappa shape index (κ2) is 5.97. The Morgan fingerprint density at radius 3 is 2.78 bits per heavy atom. The largest absolute Gasteiger partial charge is 0.317 e. The molecule has 0 atom stereocenters. The summed E-state index contributed by atoms with van der Waals surface area (Å²) in [6.07, 6.45) is 0. The number of benzene rings is 2. The number of nitro groups is 1. The Morgan fingerprint density at radius 1 is 1.26 bits per heavy atom. The highest BCUT2D eigenvalue weighted by atomic mass is 35.5. The molecule has 0 aliphatic carbocycles. The molecule has 0 amide bonds. The third-order valence-corrected chi connectivity index (χ3v) is 3.27. The highest BCUT2D eigenvalue weighted by Crippen LogP contribution is 2.29. The Hall–Kier alpha value is -3.07. The van der Waals surface area contributed by atoms with E-state index in [0.717, 1.165) is 12.1 Å². The quantitative estimate of drug-likeness (QED) is 0.581. The van der Waals surface area contributed by atoms with Gasteiger partial charge in [-0.1, -0.05) is 28.8 Å². The van der Waals surface area contributed by atoms with Crippen molar-refractivity contribution in [1.29, 1.82) is 0 Å². The Morgan fingerprint density at radius 2 is 2.04 bits per heavy atom. The summed E-state index contributed by atoms with van der Waals surface area (Å²) in [5, 5.41) is 25.2. The number of anilines is 2. The van der Waals surface area contributed by atoms with Crippen molar-refractivity contribution >= 4 is 28.9 Å². The van der Waals surface area contributed by atoms with Crippen molar-refractivity contribution in [2.24, 2.45) is 0 Å². The number of hydrogen-bond donors (Lipinski definition) is 1. The second-order valence-corrected chi connectivity index (χ2v) is 4.82. The summed E-state index contributed by atoms with van der Waals surface area (Å²) >= 11 is 6.09. The highest BCUT2D eigenvalue weighted by Gasteiger charge is 2.18. The lowest BCUT2D eigenvalue weighted by Gasteiger charge is -2.08. The summed E-state index contributed by atoms with van der Waals surface area (Å²) in [6, 6.07) is 9.97. The molecule has 1 N–H and O–H groups in total. The minimum absolute atomic E-state index is 0.0551. The Balaban J connectivity index is 2.02. The first-order valence-electron chi connectivity index (χ1n) is 6.30. The Labute approximate surface area is 133 Å². The van der Waals surface area contributed by atoms with Crippen LogP contribution in [0.5, 0.6) is 0 Å². The molecule has 0 fully saturated rings. The maximum absolute atomic E-state index is 13.2. The van der Waals surface area contributed by atoms with E-state index in [9.17, 15) is 14.5 Å². The lowest BCUT2D eigenvalue weighted by molar-refractivity contribution is -0.384. The molecule has 0 radical (unpaired) electrons. The lowest BCUT2D eigenvalue weighted by Crippen LogP contribution is -2.05. The Kier molecular flexibility index (Phi) is 3.85. The number of tetrazole rings is 1. The molecule has 3 rings (SSSR count). The van der Waals surface area contributed by atoms with Crippen LogP contribution < -0.4 is 5.32 Å². The molecule has 1 heterocycles. The summed E-state index contributed by atoms with van der Waals surface area (Å²) < 4.78 is 14.5. The summed E-state index contributed by atoms with van der Waals surface area (Å²) in [6.45, 7) is 0. The Bertz CT molecular complexity index is 884. The third kappa shape index (κ3) is 2.94. The normalized spacial score (nSPS) is 10.5. The third-order valence-electron chi connectivity index (χ3n) is 2.95. The number of hydrogen-bond acceptors (Lipinski definition) is 6. The summed E-state index contributed by atoms with van der Waals surface area (Å²) in [4.78, 5) is 10.3. The van der Waals surface area contributed by atoms with E-state index < -0.39 is 16.4 Å². The topological polar surface area (TPSA) is 98.8 Å². The van der Waals surface area contributed by atoms with Gasteiger partial charge in [-0.25, -0.2) is 4.39 Å². The van der Waals surface area contributed by atoms with E-state index in [4.69, 9.17) is 11.6 Å². The van der Waals surface area contributed by atoms with Crippen molar-refractivity contribution in [3.8, 4) is 5.69 Å². The molecule has 0 aliphatic heterocycles. The zero-order valence-corrected chi connectivity index (χ0v) is 12.1.